The summed E-state index contributed by atoms with van der Waals surface area (Å²) in [6.45, 7) is 11.5. The van der Waals surface area contributed by atoms with Crippen molar-refractivity contribution in [2.45, 2.75) is 52.5 Å². The van der Waals surface area contributed by atoms with Gasteiger partial charge < -0.3 is 5.32 Å². The predicted octanol–water partition coefficient (Wildman–Crippen LogP) is 3.83. The third-order valence-electron chi connectivity index (χ3n) is 4.44. The van der Waals surface area contributed by atoms with Gasteiger partial charge in [-0.1, -0.05) is 43.5 Å². The molecule has 1 saturated heterocycles. The molecule has 1 N–H and O–H groups in total. The maximum atomic E-state index is 3.52. The first kappa shape index (κ1) is 15.5. The summed E-state index contributed by atoms with van der Waals surface area (Å²) >= 11 is 0. The van der Waals surface area contributed by atoms with Gasteiger partial charge in [-0.3, -0.25) is 4.90 Å². The maximum absolute atomic E-state index is 3.52. The van der Waals surface area contributed by atoms with E-state index in [0.29, 0.717) is 6.04 Å². The summed E-state index contributed by atoms with van der Waals surface area (Å²) in [4.78, 5) is 2.71. The largest absolute Gasteiger partial charge is 0.315 e. The fourth-order valence-electron chi connectivity index (χ4n) is 3.23. The zero-order valence-electron chi connectivity index (χ0n) is 13.4. The van der Waals surface area contributed by atoms with E-state index in [1.807, 2.05) is 0 Å². The van der Waals surface area contributed by atoms with Gasteiger partial charge >= 0.3 is 0 Å². The lowest BCUT2D eigenvalue weighted by Crippen LogP contribution is -2.32. The van der Waals surface area contributed by atoms with E-state index < -0.39 is 0 Å². The van der Waals surface area contributed by atoms with E-state index in [1.54, 1.807) is 5.56 Å². The van der Waals surface area contributed by atoms with Crippen LogP contribution in [-0.4, -0.2) is 31.1 Å². The highest BCUT2D eigenvalue weighted by atomic mass is 15.2. The summed E-state index contributed by atoms with van der Waals surface area (Å²) in [6, 6.07) is 7.54. The van der Waals surface area contributed by atoms with Crippen molar-refractivity contribution in [1.82, 2.24) is 10.2 Å². The van der Waals surface area contributed by atoms with Crippen molar-refractivity contribution < 1.29 is 0 Å². The van der Waals surface area contributed by atoms with E-state index in [9.17, 15) is 0 Å². The number of nitrogens with zero attached hydrogens (tertiary/aromatic N) is 1. The van der Waals surface area contributed by atoms with Crippen LogP contribution in [0.2, 0.25) is 0 Å². The predicted molar refractivity (Wildman–Crippen MR) is 87.2 cm³/mol. The first-order valence-electron chi connectivity index (χ1n) is 8.24. The Morgan fingerprint density at radius 2 is 2.05 bits per heavy atom. The van der Waals surface area contributed by atoms with Gasteiger partial charge in [0.2, 0.25) is 0 Å². The molecular formula is C18H30N2. The molecule has 1 aromatic rings. The van der Waals surface area contributed by atoms with E-state index in [4.69, 9.17) is 0 Å². The minimum absolute atomic E-state index is 0.606. The molecule has 20 heavy (non-hydrogen) atoms. The molecule has 0 bridgehead atoms. The lowest BCUT2D eigenvalue weighted by atomic mass is 9.93. The third-order valence-corrected chi connectivity index (χ3v) is 4.44. The van der Waals surface area contributed by atoms with Gasteiger partial charge in [0.05, 0.1) is 0 Å². The van der Waals surface area contributed by atoms with Gasteiger partial charge in [-0.05, 0) is 44.4 Å². The fraction of sp³-hybridized carbons (Fsp3) is 0.667. The number of rotatable bonds is 5. The van der Waals surface area contributed by atoms with Gasteiger partial charge in [0.1, 0.15) is 0 Å². The lowest BCUT2D eigenvalue weighted by Gasteiger charge is -2.32. The SMILES string of the molecule is CCCCC(c1cc(C)ccc1C)N1CCCNCC1. The highest BCUT2D eigenvalue weighted by molar-refractivity contribution is 5.33. The number of benzene rings is 1. The number of nitrogens with one attached hydrogen (secondary N) is 1. The van der Waals surface area contributed by atoms with Crippen molar-refractivity contribution in [2.75, 3.05) is 26.2 Å². The molecule has 0 saturated carbocycles. The summed E-state index contributed by atoms with van der Waals surface area (Å²) in [5.74, 6) is 0. The monoisotopic (exact) mass is 274 g/mol. The van der Waals surface area contributed by atoms with Crippen LogP contribution in [-0.2, 0) is 0 Å². The highest BCUT2D eigenvalue weighted by Crippen LogP contribution is 2.30. The molecule has 2 rings (SSSR count). The quantitative estimate of drug-likeness (QED) is 0.878. The van der Waals surface area contributed by atoms with Crippen LogP contribution in [0.1, 0.15) is 55.3 Å². The molecule has 1 aliphatic rings. The van der Waals surface area contributed by atoms with Crippen molar-refractivity contribution in [3.63, 3.8) is 0 Å². The molecule has 1 fully saturated rings. The second-order valence-electron chi connectivity index (χ2n) is 6.16. The summed E-state index contributed by atoms with van der Waals surface area (Å²) in [5, 5.41) is 3.52. The van der Waals surface area contributed by atoms with Gasteiger partial charge in [0, 0.05) is 25.7 Å². The molecule has 1 atom stereocenters. The van der Waals surface area contributed by atoms with Crippen LogP contribution in [0.3, 0.4) is 0 Å². The van der Waals surface area contributed by atoms with Crippen molar-refractivity contribution in [1.29, 1.82) is 0 Å². The van der Waals surface area contributed by atoms with E-state index in [0.717, 1.165) is 6.54 Å². The summed E-state index contributed by atoms with van der Waals surface area (Å²) < 4.78 is 0. The Bertz CT molecular complexity index is 406. The normalized spacial score (nSPS) is 18.8. The van der Waals surface area contributed by atoms with Crippen molar-refractivity contribution >= 4 is 0 Å². The van der Waals surface area contributed by atoms with Crippen LogP contribution in [0.5, 0.6) is 0 Å². The van der Waals surface area contributed by atoms with Gasteiger partial charge in [-0.25, -0.2) is 0 Å². The Kier molecular flexibility index (Phi) is 6.06. The first-order chi connectivity index (χ1) is 9.72. The third kappa shape index (κ3) is 4.07. The highest BCUT2D eigenvalue weighted by Gasteiger charge is 2.22. The zero-order valence-corrected chi connectivity index (χ0v) is 13.4. The standard InChI is InChI=1S/C18H30N2/c1-4-5-7-18(20-12-6-10-19-11-13-20)17-14-15(2)8-9-16(17)3/h8-9,14,18-19H,4-7,10-13H2,1-3H3. The van der Waals surface area contributed by atoms with Gasteiger partial charge in [0.25, 0.3) is 0 Å². The number of hydrogen-bond donors (Lipinski definition) is 1. The molecule has 0 aromatic heterocycles. The Balaban J connectivity index is 2.22. The molecule has 0 aliphatic carbocycles. The van der Waals surface area contributed by atoms with E-state index in [-0.39, 0.29) is 0 Å². The first-order valence-corrected chi connectivity index (χ1v) is 8.24. The summed E-state index contributed by atoms with van der Waals surface area (Å²) in [7, 11) is 0. The molecular weight excluding hydrogens is 244 g/mol. The molecule has 2 heteroatoms. The van der Waals surface area contributed by atoms with Gasteiger partial charge in [0.15, 0.2) is 0 Å². The molecule has 112 valence electrons. The molecule has 2 nitrogen and oxygen atoms in total. The summed E-state index contributed by atoms with van der Waals surface area (Å²) in [6.07, 6.45) is 5.17. The van der Waals surface area contributed by atoms with Gasteiger partial charge in [-0.15, -0.1) is 0 Å². The van der Waals surface area contributed by atoms with Crippen molar-refractivity contribution in [3.05, 3.63) is 34.9 Å². The number of unbranched alkanes of at least 4 members (excludes halogenated alkanes) is 1. The molecule has 0 amide bonds. The van der Waals surface area contributed by atoms with Crippen LogP contribution >= 0.6 is 0 Å². The van der Waals surface area contributed by atoms with Crippen molar-refractivity contribution in [2.24, 2.45) is 0 Å². The molecule has 1 unspecified atom stereocenters. The Hall–Kier alpha value is -0.860. The number of aryl methyl sites for hydroxylation is 2. The zero-order chi connectivity index (χ0) is 14.4. The van der Waals surface area contributed by atoms with E-state index in [1.165, 1.54) is 56.4 Å². The number of hydrogen-bond acceptors (Lipinski definition) is 2. The maximum Gasteiger partial charge on any atom is 0.0351 e. The van der Waals surface area contributed by atoms with Crippen LogP contribution in [0, 0.1) is 13.8 Å². The van der Waals surface area contributed by atoms with E-state index in [2.05, 4.69) is 49.2 Å². The minimum atomic E-state index is 0.606. The van der Waals surface area contributed by atoms with Crippen LogP contribution in [0.15, 0.2) is 18.2 Å². The minimum Gasteiger partial charge on any atom is -0.315 e. The Labute approximate surface area is 124 Å². The van der Waals surface area contributed by atoms with Crippen LogP contribution in [0.4, 0.5) is 0 Å². The van der Waals surface area contributed by atoms with E-state index >= 15 is 0 Å². The Morgan fingerprint density at radius 3 is 2.85 bits per heavy atom. The molecule has 0 spiro atoms. The summed E-state index contributed by atoms with van der Waals surface area (Å²) in [5.41, 5.74) is 4.40. The van der Waals surface area contributed by atoms with Gasteiger partial charge in [-0.2, -0.15) is 0 Å². The molecule has 1 aliphatic heterocycles. The van der Waals surface area contributed by atoms with Crippen LogP contribution in [0.25, 0.3) is 0 Å². The second-order valence-corrected chi connectivity index (χ2v) is 6.16. The average molecular weight is 274 g/mol. The van der Waals surface area contributed by atoms with Crippen LogP contribution < -0.4 is 5.32 Å². The lowest BCUT2D eigenvalue weighted by molar-refractivity contribution is 0.196. The second kappa shape index (κ2) is 7.80. The van der Waals surface area contributed by atoms with Crippen molar-refractivity contribution in [3.8, 4) is 0 Å². The molecule has 1 aromatic carbocycles. The smallest absolute Gasteiger partial charge is 0.0351 e. The fourth-order valence-corrected chi connectivity index (χ4v) is 3.23. The average Bonchev–Trinajstić information content (AvgIpc) is 2.72. The molecule has 1 heterocycles. The molecule has 0 radical (unpaired) electrons. The topological polar surface area (TPSA) is 15.3 Å². The Morgan fingerprint density at radius 1 is 1.20 bits per heavy atom.